The lowest BCUT2D eigenvalue weighted by molar-refractivity contribution is 0.00504. The van der Waals surface area contributed by atoms with E-state index in [2.05, 4.69) is 0 Å². The third-order valence-electron chi connectivity index (χ3n) is 3.03. The minimum absolute atomic E-state index is 0.0656. The van der Waals surface area contributed by atoms with Gasteiger partial charge in [-0.25, -0.2) is 0 Å². The zero-order valence-electron chi connectivity index (χ0n) is 12.2. The maximum atomic E-state index is 9.36. The molecule has 108 valence electrons. The number of ether oxygens (including phenoxy) is 3. The Morgan fingerprint density at radius 2 is 1.95 bits per heavy atom. The summed E-state index contributed by atoms with van der Waals surface area (Å²) in [6, 6.07) is 5.53. The van der Waals surface area contributed by atoms with Crippen molar-refractivity contribution in [3.05, 3.63) is 23.8 Å². The van der Waals surface area contributed by atoms with Crippen molar-refractivity contribution in [3.63, 3.8) is 0 Å². The van der Waals surface area contributed by atoms with Crippen LogP contribution >= 0.6 is 0 Å². The van der Waals surface area contributed by atoms with E-state index in [1.54, 1.807) is 7.11 Å². The fourth-order valence-electron chi connectivity index (χ4n) is 1.62. The van der Waals surface area contributed by atoms with Crippen molar-refractivity contribution in [1.29, 1.82) is 0 Å². The van der Waals surface area contributed by atoms with Crippen LogP contribution in [0.5, 0.6) is 11.5 Å². The molecule has 0 aromatic heterocycles. The third-order valence-corrected chi connectivity index (χ3v) is 3.03. The van der Waals surface area contributed by atoms with E-state index in [1.807, 2.05) is 39.0 Å². The first-order valence-electron chi connectivity index (χ1n) is 6.57. The molecule has 19 heavy (non-hydrogen) atoms. The number of aliphatic hydroxyl groups excluding tert-OH is 1. The van der Waals surface area contributed by atoms with Crippen LogP contribution in [0.15, 0.2) is 18.2 Å². The second-order valence-corrected chi connectivity index (χ2v) is 4.90. The first kappa shape index (κ1) is 15.8. The molecule has 1 rings (SSSR count). The normalized spacial score (nSPS) is 11.4. The number of methoxy groups -OCH3 is 1. The van der Waals surface area contributed by atoms with Crippen LogP contribution in [-0.2, 0) is 11.3 Å². The molecule has 0 aliphatic carbocycles. The number of aliphatic hydroxyl groups is 1. The monoisotopic (exact) mass is 268 g/mol. The Morgan fingerprint density at radius 1 is 1.21 bits per heavy atom. The summed E-state index contributed by atoms with van der Waals surface area (Å²) in [7, 11) is 1.69. The Balaban J connectivity index is 2.75. The van der Waals surface area contributed by atoms with E-state index in [4.69, 9.17) is 14.2 Å². The summed E-state index contributed by atoms with van der Waals surface area (Å²) in [5.41, 5.74) is 0.515. The van der Waals surface area contributed by atoms with E-state index < -0.39 is 0 Å². The molecule has 1 N–H and O–H groups in total. The fourth-order valence-corrected chi connectivity index (χ4v) is 1.62. The summed E-state index contributed by atoms with van der Waals surface area (Å²) in [4.78, 5) is 0. The SMILES string of the molecule is CCOc1cccc(CO)c1OCCC(C)(C)OC. The lowest BCUT2D eigenvalue weighted by Gasteiger charge is -2.23. The van der Waals surface area contributed by atoms with Crippen LogP contribution in [0.4, 0.5) is 0 Å². The summed E-state index contributed by atoms with van der Waals surface area (Å²) in [6.45, 7) is 6.95. The summed E-state index contributed by atoms with van der Waals surface area (Å²) < 4.78 is 16.7. The number of hydrogen-bond acceptors (Lipinski definition) is 4. The Kier molecular flexibility index (Phi) is 6.12. The smallest absolute Gasteiger partial charge is 0.166 e. The van der Waals surface area contributed by atoms with Gasteiger partial charge in [-0.1, -0.05) is 12.1 Å². The lowest BCUT2D eigenvalue weighted by Crippen LogP contribution is -2.25. The van der Waals surface area contributed by atoms with Gasteiger partial charge in [0.05, 0.1) is 25.4 Å². The summed E-state index contributed by atoms with van der Waals surface area (Å²) >= 11 is 0. The van der Waals surface area contributed by atoms with E-state index in [-0.39, 0.29) is 12.2 Å². The Morgan fingerprint density at radius 3 is 2.53 bits per heavy atom. The van der Waals surface area contributed by atoms with Crippen molar-refractivity contribution in [2.45, 2.75) is 39.4 Å². The maximum Gasteiger partial charge on any atom is 0.166 e. The summed E-state index contributed by atoms with van der Waals surface area (Å²) in [5, 5.41) is 9.36. The Hall–Kier alpha value is -1.26. The van der Waals surface area contributed by atoms with Gasteiger partial charge in [0, 0.05) is 19.1 Å². The number of benzene rings is 1. The van der Waals surface area contributed by atoms with Crippen molar-refractivity contribution in [1.82, 2.24) is 0 Å². The zero-order valence-corrected chi connectivity index (χ0v) is 12.2. The second-order valence-electron chi connectivity index (χ2n) is 4.90. The van der Waals surface area contributed by atoms with Gasteiger partial charge in [-0.2, -0.15) is 0 Å². The van der Waals surface area contributed by atoms with E-state index in [1.165, 1.54) is 0 Å². The van der Waals surface area contributed by atoms with Gasteiger partial charge in [0.2, 0.25) is 0 Å². The molecule has 0 heterocycles. The standard InChI is InChI=1S/C15H24O4/c1-5-18-13-8-6-7-12(11-16)14(13)19-10-9-15(2,3)17-4/h6-8,16H,5,9-11H2,1-4H3. The maximum absolute atomic E-state index is 9.36. The largest absolute Gasteiger partial charge is 0.490 e. The van der Waals surface area contributed by atoms with Crippen LogP contribution in [0.3, 0.4) is 0 Å². The summed E-state index contributed by atoms with van der Waals surface area (Å²) in [6.07, 6.45) is 0.759. The van der Waals surface area contributed by atoms with Gasteiger partial charge >= 0.3 is 0 Å². The van der Waals surface area contributed by atoms with Gasteiger partial charge in [-0.15, -0.1) is 0 Å². The minimum atomic E-state index is -0.222. The van der Waals surface area contributed by atoms with Crippen molar-refractivity contribution in [2.24, 2.45) is 0 Å². The van der Waals surface area contributed by atoms with E-state index in [0.29, 0.717) is 24.7 Å². The first-order valence-corrected chi connectivity index (χ1v) is 6.57. The summed E-state index contributed by atoms with van der Waals surface area (Å²) in [5.74, 6) is 1.29. The molecule has 0 bridgehead atoms. The molecular weight excluding hydrogens is 244 g/mol. The molecule has 0 unspecified atom stereocenters. The fraction of sp³-hybridized carbons (Fsp3) is 0.600. The van der Waals surface area contributed by atoms with Crippen LogP contribution in [0.25, 0.3) is 0 Å². The topological polar surface area (TPSA) is 47.9 Å². The molecule has 0 saturated carbocycles. The average molecular weight is 268 g/mol. The van der Waals surface area contributed by atoms with Gasteiger partial charge in [0.15, 0.2) is 11.5 Å². The molecule has 0 aliphatic rings. The number of para-hydroxylation sites is 1. The molecular formula is C15H24O4. The number of rotatable bonds is 8. The molecule has 4 heteroatoms. The van der Waals surface area contributed by atoms with Crippen LogP contribution in [-0.4, -0.2) is 31.0 Å². The molecule has 0 fully saturated rings. The minimum Gasteiger partial charge on any atom is -0.490 e. The second kappa shape index (κ2) is 7.36. The van der Waals surface area contributed by atoms with Crippen LogP contribution in [0.1, 0.15) is 32.8 Å². The third kappa shape index (κ3) is 4.73. The van der Waals surface area contributed by atoms with Crippen LogP contribution < -0.4 is 9.47 Å². The molecule has 1 aromatic carbocycles. The van der Waals surface area contributed by atoms with Gasteiger partial charge < -0.3 is 19.3 Å². The highest BCUT2D eigenvalue weighted by molar-refractivity contribution is 5.46. The number of hydrogen-bond donors (Lipinski definition) is 1. The van der Waals surface area contributed by atoms with Gasteiger partial charge in [-0.05, 0) is 26.8 Å². The van der Waals surface area contributed by atoms with Gasteiger partial charge in [-0.3, -0.25) is 0 Å². The molecule has 0 amide bonds. The van der Waals surface area contributed by atoms with Crippen molar-refractivity contribution < 1.29 is 19.3 Å². The van der Waals surface area contributed by atoms with Gasteiger partial charge in [0.1, 0.15) is 0 Å². The van der Waals surface area contributed by atoms with Crippen LogP contribution in [0, 0.1) is 0 Å². The van der Waals surface area contributed by atoms with E-state index >= 15 is 0 Å². The van der Waals surface area contributed by atoms with Crippen LogP contribution in [0.2, 0.25) is 0 Å². The highest BCUT2D eigenvalue weighted by Crippen LogP contribution is 2.32. The highest BCUT2D eigenvalue weighted by Gasteiger charge is 2.17. The van der Waals surface area contributed by atoms with Gasteiger partial charge in [0.25, 0.3) is 0 Å². The van der Waals surface area contributed by atoms with E-state index in [9.17, 15) is 5.11 Å². The Bertz CT molecular complexity index is 388. The van der Waals surface area contributed by atoms with E-state index in [0.717, 1.165) is 12.0 Å². The predicted octanol–water partition coefficient (Wildman–Crippen LogP) is 2.77. The molecule has 0 spiro atoms. The highest BCUT2D eigenvalue weighted by atomic mass is 16.5. The molecule has 1 aromatic rings. The predicted molar refractivity (Wildman–Crippen MR) is 74.7 cm³/mol. The lowest BCUT2D eigenvalue weighted by atomic mass is 10.1. The quantitative estimate of drug-likeness (QED) is 0.787. The Labute approximate surface area is 115 Å². The van der Waals surface area contributed by atoms with Crippen molar-refractivity contribution in [3.8, 4) is 11.5 Å². The van der Waals surface area contributed by atoms with Crippen molar-refractivity contribution in [2.75, 3.05) is 20.3 Å². The molecule has 0 aliphatic heterocycles. The molecule has 0 atom stereocenters. The first-order chi connectivity index (χ1) is 9.04. The molecule has 0 saturated heterocycles. The molecule has 0 radical (unpaired) electrons. The molecule has 4 nitrogen and oxygen atoms in total. The zero-order chi connectivity index (χ0) is 14.3. The average Bonchev–Trinajstić information content (AvgIpc) is 2.40. The van der Waals surface area contributed by atoms with Crippen molar-refractivity contribution >= 4 is 0 Å².